The first-order valence-corrected chi connectivity index (χ1v) is 12.5. The molecule has 0 amide bonds. The van der Waals surface area contributed by atoms with Crippen LogP contribution in [0, 0.1) is 0 Å². The average Bonchev–Trinajstić information content (AvgIpc) is 3.30. The van der Waals surface area contributed by atoms with Crippen molar-refractivity contribution in [2.75, 3.05) is 51.2 Å². The number of benzene rings is 1. The second-order valence-corrected chi connectivity index (χ2v) is 10.4. The van der Waals surface area contributed by atoms with Crippen LogP contribution in [0.5, 0.6) is 0 Å². The summed E-state index contributed by atoms with van der Waals surface area (Å²) in [6.45, 7) is 5.70. The lowest BCUT2D eigenvalue weighted by Crippen LogP contribution is -2.49. The zero-order chi connectivity index (χ0) is 24.3. The van der Waals surface area contributed by atoms with Crippen LogP contribution in [0.4, 0.5) is 5.82 Å². The van der Waals surface area contributed by atoms with Gasteiger partial charge in [0.25, 0.3) is 0 Å². The molecule has 1 aliphatic heterocycles. The number of aromatic nitrogens is 4. The van der Waals surface area contributed by atoms with Crippen LogP contribution < -0.4 is 4.90 Å². The van der Waals surface area contributed by atoms with Crippen molar-refractivity contribution in [2.45, 2.75) is 11.8 Å². The summed E-state index contributed by atoms with van der Waals surface area (Å²) in [7, 11) is -0.248. The molecule has 4 rings (SSSR count). The molecule has 2 aromatic heterocycles. The van der Waals surface area contributed by atoms with Crippen molar-refractivity contribution in [3.05, 3.63) is 54.6 Å². The smallest absolute Gasteiger partial charge is 0.245 e. The lowest BCUT2D eigenvalue weighted by Gasteiger charge is -2.36. The minimum Gasteiger partial charge on any atom is -0.352 e. The standard InChI is InChI=1S/C23H29N7O3S.ClH/c1-18(31)19-4-6-20(7-5-19)22-23(25-9-8-24-22)30-14-12-29(13-15-30)11-10-28(3)34(32,33)21-16-26-27(2)17-21;/h4-9,16-17H,10-15H2,1-3H3;1H. The molecule has 10 nitrogen and oxygen atoms in total. The van der Waals surface area contributed by atoms with Gasteiger partial charge in [-0.3, -0.25) is 19.4 Å². The molecule has 0 unspecified atom stereocenters. The molecule has 0 radical (unpaired) electrons. The lowest BCUT2D eigenvalue weighted by atomic mass is 10.1. The van der Waals surface area contributed by atoms with Gasteiger partial charge in [-0.15, -0.1) is 12.4 Å². The molecular formula is C23H30ClN7O3S. The monoisotopic (exact) mass is 519 g/mol. The summed E-state index contributed by atoms with van der Waals surface area (Å²) in [5.41, 5.74) is 2.37. The Morgan fingerprint density at radius 3 is 2.31 bits per heavy atom. The minimum atomic E-state index is -3.54. The van der Waals surface area contributed by atoms with E-state index in [9.17, 15) is 13.2 Å². The summed E-state index contributed by atoms with van der Waals surface area (Å²) in [4.78, 5) is 25.4. The van der Waals surface area contributed by atoms with Crippen LogP contribution in [0.25, 0.3) is 11.3 Å². The van der Waals surface area contributed by atoms with Crippen LogP contribution in [0.1, 0.15) is 17.3 Å². The quantitative estimate of drug-likeness (QED) is 0.416. The first kappa shape index (κ1) is 26.7. The van der Waals surface area contributed by atoms with Crippen LogP contribution in [-0.2, 0) is 17.1 Å². The van der Waals surface area contributed by atoms with Crippen LogP contribution in [0.3, 0.4) is 0 Å². The SMILES string of the molecule is CC(=O)c1ccc(-c2nccnc2N2CCN(CCN(C)S(=O)(=O)c3cnn(C)c3)CC2)cc1.Cl. The summed E-state index contributed by atoms with van der Waals surface area (Å²) < 4.78 is 28.3. The van der Waals surface area contributed by atoms with Crippen molar-refractivity contribution >= 4 is 34.0 Å². The molecule has 1 aliphatic rings. The Kier molecular flexibility index (Phi) is 8.60. The van der Waals surface area contributed by atoms with Gasteiger partial charge in [0.1, 0.15) is 10.6 Å². The predicted molar refractivity (Wildman–Crippen MR) is 136 cm³/mol. The van der Waals surface area contributed by atoms with Crippen molar-refractivity contribution in [2.24, 2.45) is 7.05 Å². The third kappa shape index (κ3) is 6.04. The predicted octanol–water partition coefficient (Wildman–Crippen LogP) is 1.94. The van der Waals surface area contributed by atoms with Crippen molar-refractivity contribution < 1.29 is 13.2 Å². The van der Waals surface area contributed by atoms with Crippen molar-refractivity contribution in [1.82, 2.24) is 29.0 Å². The number of hydrogen-bond donors (Lipinski definition) is 0. The largest absolute Gasteiger partial charge is 0.352 e. The average molecular weight is 520 g/mol. The Bertz CT molecular complexity index is 1260. The van der Waals surface area contributed by atoms with Gasteiger partial charge < -0.3 is 4.90 Å². The van der Waals surface area contributed by atoms with E-state index in [-0.39, 0.29) is 23.1 Å². The molecule has 1 saturated heterocycles. The highest BCUT2D eigenvalue weighted by Gasteiger charge is 2.25. The lowest BCUT2D eigenvalue weighted by molar-refractivity contribution is 0.101. The van der Waals surface area contributed by atoms with E-state index in [1.165, 1.54) is 21.4 Å². The molecule has 0 bridgehead atoms. The molecule has 12 heteroatoms. The second-order valence-electron chi connectivity index (χ2n) is 8.37. The van der Waals surface area contributed by atoms with Crippen LogP contribution in [0.2, 0.25) is 0 Å². The molecule has 1 aromatic carbocycles. The number of rotatable bonds is 8. The van der Waals surface area contributed by atoms with Gasteiger partial charge in [-0.05, 0) is 6.92 Å². The summed E-state index contributed by atoms with van der Waals surface area (Å²) in [5.74, 6) is 0.843. The molecule has 3 aromatic rings. The molecule has 0 atom stereocenters. The fourth-order valence-electron chi connectivity index (χ4n) is 3.93. The van der Waals surface area contributed by atoms with Crippen molar-refractivity contribution in [1.29, 1.82) is 0 Å². The Hall–Kier alpha value is -2.86. The van der Waals surface area contributed by atoms with Gasteiger partial charge in [-0.2, -0.15) is 9.40 Å². The third-order valence-electron chi connectivity index (χ3n) is 6.04. The van der Waals surface area contributed by atoms with Crippen LogP contribution in [-0.4, -0.2) is 89.5 Å². The minimum absolute atomic E-state index is 0. The number of likely N-dealkylation sites (N-methyl/N-ethyl adjacent to an activating group) is 1. The second kappa shape index (κ2) is 11.3. The number of sulfonamides is 1. The Morgan fingerprint density at radius 2 is 1.71 bits per heavy atom. The molecular weight excluding hydrogens is 490 g/mol. The van der Waals surface area contributed by atoms with E-state index in [4.69, 9.17) is 0 Å². The number of carbonyl (C=O) groups is 1. The first-order valence-electron chi connectivity index (χ1n) is 11.1. The zero-order valence-electron chi connectivity index (χ0n) is 20.0. The van der Waals surface area contributed by atoms with Crippen LogP contribution >= 0.6 is 12.4 Å². The number of halogens is 1. The van der Waals surface area contributed by atoms with Gasteiger partial charge in [0.2, 0.25) is 10.0 Å². The van der Waals surface area contributed by atoms with Crippen molar-refractivity contribution in [3.8, 4) is 11.3 Å². The van der Waals surface area contributed by atoms with Crippen molar-refractivity contribution in [3.63, 3.8) is 0 Å². The fourth-order valence-corrected chi connectivity index (χ4v) is 5.07. The summed E-state index contributed by atoms with van der Waals surface area (Å²) >= 11 is 0. The Labute approximate surface area is 212 Å². The van der Waals surface area contributed by atoms with Gasteiger partial charge in [0.15, 0.2) is 11.6 Å². The molecule has 1 fully saturated rings. The van der Waals surface area contributed by atoms with Gasteiger partial charge in [-0.1, -0.05) is 24.3 Å². The third-order valence-corrected chi connectivity index (χ3v) is 7.85. The highest BCUT2D eigenvalue weighted by atomic mass is 35.5. The number of anilines is 1. The summed E-state index contributed by atoms with van der Waals surface area (Å²) in [6, 6.07) is 7.42. The molecule has 3 heterocycles. The molecule has 0 N–H and O–H groups in total. The summed E-state index contributed by atoms with van der Waals surface area (Å²) in [6.07, 6.45) is 6.24. The van der Waals surface area contributed by atoms with Gasteiger partial charge >= 0.3 is 0 Å². The van der Waals surface area contributed by atoms with Crippen LogP contribution in [0.15, 0.2) is 53.9 Å². The normalized spacial score (nSPS) is 14.7. The first-order chi connectivity index (χ1) is 16.3. The van der Waals surface area contributed by atoms with E-state index >= 15 is 0 Å². The van der Waals surface area contributed by atoms with Gasteiger partial charge in [0, 0.05) is 83.1 Å². The molecule has 188 valence electrons. The molecule has 0 spiro atoms. The topological polar surface area (TPSA) is 105 Å². The maximum Gasteiger partial charge on any atom is 0.245 e. The number of nitrogens with zero attached hydrogens (tertiary/aromatic N) is 7. The van der Waals surface area contributed by atoms with Gasteiger partial charge in [-0.25, -0.2) is 13.4 Å². The summed E-state index contributed by atoms with van der Waals surface area (Å²) in [5, 5.41) is 3.96. The number of hydrogen-bond acceptors (Lipinski definition) is 8. The number of ketones is 1. The number of Topliss-reactive ketones (excluding diaryl/α,β-unsaturated/α-hetero) is 1. The van der Waals surface area contributed by atoms with E-state index in [1.807, 2.05) is 24.3 Å². The number of carbonyl (C=O) groups excluding carboxylic acids is 1. The number of piperazine rings is 1. The highest BCUT2D eigenvalue weighted by molar-refractivity contribution is 7.89. The maximum atomic E-state index is 12.7. The fraction of sp³-hybridized carbons (Fsp3) is 0.391. The molecule has 0 saturated carbocycles. The highest BCUT2D eigenvalue weighted by Crippen LogP contribution is 2.27. The molecule has 0 aliphatic carbocycles. The van der Waals surface area contributed by atoms with E-state index < -0.39 is 10.0 Å². The number of aryl methyl sites for hydroxylation is 1. The zero-order valence-corrected chi connectivity index (χ0v) is 21.7. The molecule has 35 heavy (non-hydrogen) atoms. The van der Waals surface area contributed by atoms with E-state index in [2.05, 4.69) is 24.9 Å². The Morgan fingerprint density at radius 1 is 1.06 bits per heavy atom. The van der Waals surface area contributed by atoms with Gasteiger partial charge in [0.05, 0.1) is 6.20 Å². The van der Waals surface area contributed by atoms with E-state index in [1.54, 1.807) is 33.4 Å². The Balaban J connectivity index is 0.00000342. The maximum absolute atomic E-state index is 12.7. The van der Waals surface area contributed by atoms with E-state index in [0.29, 0.717) is 18.7 Å². The van der Waals surface area contributed by atoms with E-state index in [0.717, 1.165) is 43.3 Å².